The highest BCUT2D eigenvalue weighted by atomic mass is 32.1. The summed E-state index contributed by atoms with van der Waals surface area (Å²) in [6, 6.07) is 3.51. The van der Waals surface area contributed by atoms with Crippen molar-refractivity contribution >= 4 is 24.7 Å². The van der Waals surface area contributed by atoms with Crippen LogP contribution in [0.2, 0.25) is 0 Å². The Balaban J connectivity index is 3.07. The maximum absolute atomic E-state index is 12.2. The first-order valence-electron chi connectivity index (χ1n) is 5.24. The summed E-state index contributed by atoms with van der Waals surface area (Å²) in [4.78, 5) is 10.8. The molecule has 0 atom stereocenters. The first-order chi connectivity index (χ1) is 8.83. The predicted molar refractivity (Wildman–Crippen MR) is 67.6 cm³/mol. The van der Waals surface area contributed by atoms with E-state index in [0.717, 1.165) is 12.1 Å². The molecular weight excluding hydrogens is 281 g/mol. The molecule has 0 saturated carbocycles. The molecule has 0 unspecified atom stereocenters. The second-order valence-corrected chi connectivity index (χ2v) is 3.97. The monoisotopic (exact) mass is 292 g/mol. The Morgan fingerprint density at radius 1 is 1.42 bits per heavy atom. The van der Waals surface area contributed by atoms with Crippen molar-refractivity contribution < 1.29 is 27.8 Å². The maximum Gasteiger partial charge on any atom is 0.573 e. The molecule has 1 aromatic carbocycles. The Morgan fingerprint density at radius 3 is 2.63 bits per heavy atom. The number of ether oxygens (including phenoxy) is 1. The van der Waals surface area contributed by atoms with Crippen LogP contribution in [0.3, 0.4) is 0 Å². The van der Waals surface area contributed by atoms with Crippen LogP contribution in [0.1, 0.15) is 22.3 Å². The van der Waals surface area contributed by atoms with Crippen molar-refractivity contribution in [1.29, 1.82) is 0 Å². The van der Waals surface area contributed by atoms with E-state index in [-0.39, 0.29) is 0 Å². The summed E-state index contributed by atoms with van der Waals surface area (Å²) in [6.45, 7) is 0. The third-order valence-corrected chi connectivity index (χ3v) is 2.33. The summed E-state index contributed by atoms with van der Waals surface area (Å²) in [7, 11) is 0. The zero-order chi connectivity index (χ0) is 14.5. The van der Waals surface area contributed by atoms with Crippen molar-refractivity contribution in [2.75, 3.05) is 5.75 Å². The molecule has 1 N–H and O–H groups in total. The van der Waals surface area contributed by atoms with Crippen LogP contribution in [0.5, 0.6) is 5.75 Å². The number of halogens is 3. The van der Waals surface area contributed by atoms with E-state index in [2.05, 4.69) is 17.4 Å². The van der Waals surface area contributed by atoms with Crippen LogP contribution in [-0.4, -0.2) is 23.2 Å². The quantitative estimate of drug-likeness (QED) is 0.815. The fourth-order valence-electron chi connectivity index (χ4n) is 1.32. The SMILES string of the molecule is O=C(O)c1ccc(C=CCCS)cc1OC(F)(F)F. The molecule has 0 heterocycles. The largest absolute Gasteiger partial charge is 0.573 e. The summed E-state index contributed by atoms with van der Waals surface area (Å²) in [5.41, 5.74) is -0.116. The van der Waals surface area contributed by atoms with E-state index in [1.807, 2.05) is 0 Å². The lowest BCUT2D eigenvalue weighted by atomic mass is 10.1. The Labute approximate surface area is 113 Å². The average molecular weight is 292 g/mol. The van der Waals surface area contributed by atoms with E-state index in [4.69, 9.17) is 5.11 Å². The molecule has 1 aromatic rings. The smallest absolute Gasteiger partial charge is 0.478 e. The van der Waals surface area contributed by atoms with E-state index in [1.165, 1.54) is 6.07 Å². The van der Waals surface area contributed by atoms with Crippen LogP contribution in [0.15, 0.2) is 24.3 Å². The van der Waals surface area contributed by atoms with Gasteiger partial charge in [0.1, 0.15) is 11.3 Å². The second kappa shape index (κ2) is 6.51. The fourth-order valence-corrected chi connectivity index (χ4v) is 1.47. The third-order valence-electron chi connectivity index (χ3n) is 2.07. The van der Waals surface area contributed by atoms with Gasteiger partial charge in [-0.05, 0) is 29.9 Å². The third kappa shape index (κ3) is 5.25. The Morgan fingerprint density at radius 2 is 2.11 bits per heavy atom. The Hall–Kier alpha value is -1.63. The standard InChI is InChI=1S/C12H11F3O3S/c13-12(14,15)18-10-7-8(3-1-2-6-19)4-5-9(10)11(16)17/h1,3-5,7,19H,2,6H2,(H,16,17). The molecule has 104 valence electrons. The highest BCUT2D eigenvalue weighted by molar-refractivity contribution is 7.80. The number of carboxylic acids is 1. The van der Waals surface area contributed by atoms with E-state index >= 15 is 0 Å². The number of hydrogen-bond acceptors (Lipinski definition) is 3. The van der Waals surface area contributed by atoms with Gasteiger partial charge in [0.25, 0.3) is 0 Å². The van der Waals surface area contributed by atoms with Gasteiger partial charge in [0.2, 0.25) is 0 Å². The fraction of sp³-hybridized carbons (Fsp3) is 0.250. The number of alkyl halides is 3. The normalized spacial score (nSPS) is 11.8. The molecule has 0 aliphatic rings. The van der Waals surface area contributed by atoms with Crippen LogP contribution in [-0.2, 0) is 0 Å². The maximum atomic E-state index is 12.2. The number of carbonyl (C=O) groups is 1. The predicted octanol–water partition coefficient (Wildman–Crippen LogP) is 3.62. The van der Waals surface area contributed by atoms with Gasteiger partial charge in [-0.25, -0.2) is 4.79 Å². The number of allylic oxidation sites excluding steroid dienone is 1. The van der Waals surface area contributed by atoms with Gasteiger partial charge in [0.15, 0.2) is 0 Å². The van der Waals surface area contributed by atoms with E-state index in [9.17, 15) is 18.0 Å². The van der Waals surface area contributed by atoms with Crippen molar-refractivity contribution in [2.45, 2.75) is 12.8 Å². The first-order valence-corrected chi connectivity index (χ1v) is 5.87. The Kier molecular flexibility index (Phi) is 5.29. The zero-order valence-electron chi connectivity index (χ0n) is 9.65. The summed E-state index contributed by atoms with van der Waals surface area (Å²) in [5.74, 6) is -1.60. The molecule has 0 spiro atoms. The summed E-state index contributed by atoms with van der Waals surface area (Å²) >= 11 is 3.98. The molecule has 0 bridgehead atoms. The number of aromatic carboxylic acids is 1. The highest BCUT2D eigenvalue weighted by Crippen LogP contribution is 2.28. The van der Waals surface area contributed by atoms with Crippen LogP contribution < -0.4 is 4.74 Å². The molecule has 0 aromatic heterocycles. The number of hydrogen-bond donors (Lipinski definition) is 2. The first kappa shape index (κ1) is 15.4. The summed E-state index contributed by atoms with van der Waals surface area (Å²) in [5, 5.41) is 8.79. The molecule has 0 aliphatic carbocycles. The molecule has 0 fully saturated rings. The molecule has 0 amide bonds. The number of thiol groups is 1. The molecule has 0 aliphatic heterocycles. The number of carboxylic acid groups (broad SMARTS) is 1. The van der Waals surface area contributed by atoms with Crippen LogP contribution in [0.25, 0.3) is 6.08 Å². The van der Waals surface area contributed by atoms with Gasteiger partial charge in [0, 0.05) is 0 Å². The van der Waals surface area contributed by atoms with Crippen LogP contribution >= 0.6 is 12.6 Å². The lowest BCUT2D eigenvalue weighted by Crippen LogP contribution is -2.19. The number of rotatable bonds is 5. The minimum atomic E-state index is -4.93. The molecule has 0 saturated heterocycles. The molecule has 1 rings (SSSR count). The zero-order valence-corrected chi connectivity index (χ0v) is 10.5. The van der Waals surface area contributed by atoms with Crippen LogP contribution in [0, 0.1) is 0 Å². The van der Waals surface area contributed by atoms with Gasteiger partial charge in [-0.15, -0.1) is 13.2 Å². The molecule has 0 radical (unpaired) electrons. The minimum absolute atomic E-state index is 0.422. The van der Waals surface area contributed by atoms with E-state index in [0.29, 0.717) is 17.7 Å². The lowest BCUT2D eigenvalue weighted by molar-refractivity contribution is -0.274. The van der Waals surface area contributed by atoms with Crippen molar-refractivity contribution in [3.63, 3.8) is 0 Å². The van der Waals surface area contributed by atoms with Crippen molar-refractivity contribution in [3.8, 4) is 5.75 Å². The van der Waals surface area contributed by atoms with E-state index < -0.39 is 23.6 Å². The van der Waals surface area contributed by atoms with Gasteiger partial charge >= 0.3 is 12.3 Å². The van der Waals surface area contributed by atoms with Crippen LogP contribution in [0.4, 0.5) is 13.2 Å². The van der Waals surface area contributed by atoms with E-state index in [1.54, 1.807) is 12.2 Å². The van der Waals surface area contributed by atoms with Crippen molar-refractivity contribution in [1.82, 2.24) is 0 Å². The van der Waals surface area contributed by atoms with Gasteiger partial charge < -0.3 is 9.84 Å². The molecule has 7 heteroatoms. The molecular formula is C12H11F3O3S. The lowest BCUT2D eigenvalue weighted by Gasteiger charge is -2.11. The number of benzene rings is 1. The molecule has 19 heavy (non-hydrogen) atoms. The average Bonchev–Trinajstić information content (AvgIpc) is 2.27. The van der Waals surface area contributed by atoms with Gasteiger partial charge in [-0.2, -0.15) is 12.6 Å². The molecule has 3 nitrogen and oxygen atoms in total. The summed E-state index contributed by atoms with van der Waals surface area (Å²) in [6.07, 6.45) is -0.984. The van der Waals surface area contributed by atoms with Crippen molar-refractivity contribution in [3.05, 3.63) is 35.4 Å². The topological polar surface area (TPSA) is 46.5 Å². The van der Waals surface area contributed by atoms with Gasteiger partial charge in [0.05, 0.1) is 0 Å². The van der Waals surface area contributed by atoms with Crippen molar-refractivity contribution in [2.24, 2.45) is 0 Å². The van der Waals surface area contributed by atoms with Gasteiger partial charge in [-0.3, -0.25) is 0 Å². The van der Waals surface area contributed by atoms with Gasteiger partial charge in [-0.1, -0.05) is 18.2 Å². The second-order valence-electron chi connectivity index (χ2n) is 3.52. The highest BCUT2D eigenvalue weighted by Gasteiger charge is 2.33. The Bertz CT molecular complexity index is 484. The summed E-state index contributed by atoms with van der Waals surface area (Å²) < 4.78 is 40.3. The minimum Gasteiger partial charge on any atom is -0.478 e.